The first-order valence-electron chi connectivity index (χ1n) is 6.99. The Morgan fingerprint density at radius 3 is 2.65 bits per heavy atom. The van der Waals surface area contributed by atoms with Crippen LogP contribution in [0.3, 0.4) is 0 Å². The van der Waals surface area contributed by atoms with Crippen LogP contribution < -0.4 is 4.72 Å². The van der Waals surface area contributed by atoms with Gasteiger partial charge in [-0.1, -0.05) is 0 Å². The topological polar surface area (TPSA) is 71.0 Å². The zero-order valence-corrected chi connectivity index (χ0v) is 12.9. The molecule has 6 nitrogen and oxygen atoms in total. The third-order valence-corrected chi connectivity index (χ3v) is 6.21. The Hall–Kier alpha value is -0.920. The summed E-state index contributed by atoms with van der Waals surface area (Å²) in [4.78, 5) is 6.73. The Balaban J connectivity index is 1.75. The van der Waals surface area contributed by atoms with Crippen molar-refractivity contribution in [3.63, 3.8) is 0 Å². The fraction of sp³-hybridized carbons (Fsp3) is 0.769. The number of fused-ring (bicyclic) bond motifs is 1. The number of aliphatic imine (C=N–C) groups is 1. The smallest absolute Gasteiger partial charge is 0.219 e. The van der Waals surface area contributed by atoms with E-state index in [0.717, 1.165) is 12.3 Å². The van der Waals surface area contributed by atoms with Crippen LogP contribution in [0.2, 0.25) is 0 Å². The van der Waals surface area contributed by atoms with Crippen molar-refractivity contribution in [1.29, 1.82) is 0 Å². The van der Waals surface area contributed by atoms with Gasteiger partial charge >= 0.3 is 0 Å². The molecular formula is C13H21N3O3S. The lowest BCUT2D eigenvalue weighted by molar-refractivity contribution is 0.0410. The first kappa shape index (κ1) is 14.0. The summed E-state index contributed by atoms with van der Waals surface area (Å²) < 4.78 is 32.1. The maximum atomic E-state index is 12.1. The molecule has 0 aromatic heterocycles. The summed E-state index contributed by atoms with van der Waals surface area (Å²) in [7, 11) is -3.26. The molecule has 0 bridgehead atoms. The molecule has 7 heteroatoms. The van der Waals surface area contributed by atoms with E-state index in [9.17, 15) is 8.42 Å². The Labute approximate surface area is 119 Å². The molecule has 2 fully saturated rings. The molecule has 112 valence electrons. The first-order valence-corrected chi connectivity index (χ1v) is 8.53. The number of amidine groups is 1. The van der Waals surface area contributed by atoms with Crippen LogP contribution in [0.5, 0.6) is 0 Å². The van der Waals surface area contributed by atoms with Crippen LogP contribution in [0.4, 0.5) is 0 Å². The number of hydrogen-bond acceptors (Lipinski definition) is 5. The normalized spacial score (nSPS) is 31.1. The number of rotatable bonds is 3. The minimum Gasteiger partial charge on any atom is -0.378 e. The number of sulfonamides is 1. The second-order valence-electron chi connectivity index (χ2n) is 5.82. The Bertz CT molecular complexity index is 578. The van der Waals surface area contributed by atoms with E-state index in [1.54, 1.807) is 0 Å². The molecule has 0 aromatic carbocycles. The van der Waals surface area contributed by atoms with Crippen molar-refractivity contribution in [3.05, 3.63) is 11.3 Å². The van der Waals surface area contributed by atoms with Gasteiger partial charge in [-0.2, -0.15) is 0 Å². The third-order valence-electron chi connectivity index (χ3n) is 4.40. The van der Waals surface area contributed by atoms with Crippen molar-refractivity contribution in [2.24, 2.45) is 4.99 Å². The van der Waals surface area contributed by atoms with E-state index in [4.69, 9.17) is 4.74 Å². The highest BCUT2D eigenvalue weighted by molar-refractivity contribution is 7.90. The van der Waals surface area contributed by atoms with Crippen LogP contribution in [0.15, 0.2) is 16.3 Å². The van der Waals surface area contributed by atoms with Crippen molar-refractivity contribution in [2.45, 2.75) is 44.5 Å². The highest BCUT2D eigenvalue weighted by atomic mass is 32.2. The summed E-state index contributed by atoms with van der Waals surface area (Å²) in [6.07, 6.45) is 0.746. The van der Waals surface area contributed by atoms with Crippen molar-refractivity contribution in [2.75, 3.05) is 19.8 Å². The minimum atomic E-state index is -3.26. The van der Waals surface area contributed by atoms with Crippen molar-refractivity contribution >= 4 is 15.9 Å². The van der Waals surface area contributed by atoms with Crippen molar-refractivity contribution < 1.29 is 13.2 Å². The molecule has 3 rings (SSSR count). The zero-order valence-electron chi connectivity index (χ0n) is 12.1. The molecule has 3 aliphatic rings. The Kier molecular flexibility index (Phi) is 3.38. The fourth-order valence-electron chi connectivity index (χ4n) is 2.93. The molecule has 0 unspecified atom stereocenters. The van der Waals surface area contributed by atoms with Gasteiger partial charge in [0.05, 0.1) is 19.3 Å². The van der Waals surface area contributed by atoms with Crippen molar-refractivity contribution in [1.82, 2.24) is 9.62 Å². The van der Waals surface area contributed by atoms with E-state index < -0.39 is 10.0 Å². The first-order chi connectivity index (χ1) is 9.38. The second-order valence-corrected chi connectivity index (χ2v) is 7.81. The maximum Gasteiger partial charge on any atom is 0.219 e. The van der Waals surface area contributed by atoms with Gasteiger partial charge in [0.25, 0.3) is 0 Å². The lowest BCUT2D eigenvalue weighted by atomic mass is 10.0. The number of nitrogens with zero attached hydrogens (tertiary/aromatic N) is 2. The second kappa shape index (κ2) is 4.82. The van der Waals surface area contributed by atoms with Crippen molar-refractivity contribution in [3.8, 4) is 0 Å². The molecule has 3 heterocycles. The highest BCUT2D eigenvalue weighted by Gasteiger charge is 2.39. The Morgan fingerprint density at radius 2 is 2.05 bits per heavy atom. The summed E-state index contributed by atoms with van der Waals surface area (Å²) >= 11 is 0. The van der Waals surface area contributed by atoms with Crippen LogP contribution in [0.1, 0.15) is 27.2 Å². The van der Waals surface area contributed by atoms with Crippen LogP contribution in [-0.2, 0) is 14.8 Å². The summed E-state index contributed by atoms with van der Waals surface area (Å²) in [6, 6.07) is 0.123. The molecule has 0 saturated carbocycles. The quantitative estimate of drug-likeness (QED) is 0.822. The standard InChI is InChI=1S/C13H21N3O3S/c1-8-9(2)14-10(3)16-5-11(4-13(8)16)15-20(17,18)12-6-19-7-12/h9,11-12,15H,4-7H2,1-3H3/t9-,11-/m0/s1. The summed E-state index contributed by atoms with van der Waals surface area (Å²) in [5.74, 6) is 0.978. The van der Waals surface area contributed by atoms with Crippen LogP contribution >= 0.6 is 0 Å². The van der Waals surface area contributed by atoms with Crippen LogP contribution in [-0.4, -0.2) is 56.2 Å². The van der Waals surface area contributed by atoms with Crippen LogP contribution in [0, 0.1) is 0 Å². The van der Waals surface area contributed by atoms with E-state index in [1.807, 2.05) is 6.92 Å². The lowest BCUT2D eigenvalue weighted by Gasteiger charge is -2.29. The van der Waals surface area contributed by atoms with Gasteiger partial charge in [-0.25, -0.2) is 13.1 Å². The van der Waals surface area contributed by atoms with E-state index >= 15 is 0 Å². The maximum absolute atomic E-state index is 12.1. The fourth-order valence-corrected chi connectivity index (χ4v) is 4.29. The summed E-state index contributed by atoms with van der Waals surface area (Å²) in [6.45, 7) is 7.43. The van der Waals surface area contributed by atoms with Gasteiger partial charge in [0.15, 0.2) is 0 Å². The van der Waals surface area contributed by atoms with Gasteiger partial charge < -0.3 is 9.64 Å². The molecule has 1 N–H and O–H groups in total. The highest BCUT2D eigenvalue weighted by Crippen LogP contribution is 2.31. The number of ether oxygens (including phenoxy) is 1. The van der Waals surface area contributed by atoms with Gasteiger partial charge in [-0.15, -0.1) is 0 Å². The molecular weight excluding hydrogens is 278 g/mol. The molecule has 2 atom stereocenters. The largest absolute Gasteiger partial charge is 0.378 e. The Morgan fingerprint density at radius 1 is 1.35 bits per heavy atom. The lowest BCUT2D eigenvalue weighted by Crippen LogP contribution is -2.50. The molecule has 0 aliphatic carbocycles. The molecule has 0 aromatic rings. The average molecular weight is 299 g/mol. The number of nitrogens with one attached hydrogen (secondary N) is 1. The summed E-state index contributed by atoms with van der Waals surface area (Å²) in [5.41, 5.74) is 2.46. The minimum absolute atomic E-state index is 0.0685. The van der Waals surface area contributed by atoms with Gasteiger partial charge in [-0.05, 0) is 26.3 Å². The molecule has 3 aliphatic heterocycles. The van der Waals surface area contributed by atoms with E-state index in [2.05, 4.69) is 28.5 Å². The molecule has 0 amide bonds. The molecule has 0 spiro atoms. The predicted octanol–water partition coefficient (Wildman–Crippen LogP) is 0.473. The van der Waals surface area contributed by atoms with Gasteiger partial charge in [0.2, 0.25) is 10.0 Å². The number of hydrogen-bond donors (Lipinski definition) is 1. The van der Waals surface area contributed by atoms with E-state index in [-0.39, 0.29) is 17.3 Å². The SMILES string of the molecule is CC1=N[C@@H](C)C(C)=C2C[C@H](NS(=O)(=O)C3COC3)CN12. The predicted molar refractivity (Wildman–Crippen MR) is 77.0 cm³/mol. The van der Waals surface area contributed by atoms with Gasteiger partial charge in [-0.3, -0.25) is 4.99 Å². The molecule has 0 radical (unpaired) electrons. The van der Waals surface area contributed by atoms with Gasteiger partial charge in [0, 0.05) is 24.7 Å². The van der Waals surface area contributed by atoms with E-state index in [1.165, 1.54) is 11.3 Å². The summed E-state index contributed by atoms with van der Waals surface area (Å²) in [5, 5.41) is -0.385. The average Bonchev–Trinajstić information content (AvgIpc) is 2.66. The van der Waals surface area contributed by atoms with Gasteiger partial charge in [0.1, 0.15) is 11.1 Å². The zero-order chi connectivity index (χ0) is 14.5. The third kappa shape index (κ3) is 2.27. The monoisotopic (exact) mass is 299 g/mol. The molecule has 20 heavy (non-hydrogen) atoms. The van der Waals surface area contributed by atoms with E-state index in [0.29, 0.717) is 19.8 Å². The van der Waals surface area contributed by atoms with Crippen LogP contribution in [0.25, 0.3) is 0 Å². The molecule has 2 saturated heterocycles.